The van der Waals surface area contributed by atoms with Crippen molar-refractivity contribution in [3.8, 4) is 5.75 Å². The number of hydrogen-bond acceptors (Lipinski definition) is 16. The van der Waals surface area contributed by atoms with Gasteiger partial charge in [0.1, 0.15) is 34.7 Å². The Morgan fingerprint density at radius 3 is 0.863 bits per heavy atom. The number of nitrogens with zero attached hydrogens (tertiary/aromatic N) is 7. The molecule has 0 aromatic heterocycles. The zero-order valence-electron chi connectivity index (χ0n) is 82.5. The van der Waals surface area contributed by atoms with E-state index in [1.54, 1.807) is 37.4 Å². The molecule has 0 radical (unpaired) electrons. The summed E-state index contributed by atoms with van der Waals surface area (Å²) in [4.78, 5) is 74.7. The first-order valence-corrected chi connectivity index (χ1v) is 53.2. The number of likely N-dealkylation sites (N-methyl/N-ethyl adjacent to an activating group) is 1. The topological polar surface area (TPSA) is 198 Å². The van der Waals surface area contributed by atoms with Crippen LogP contribution in [0.15, 0.2) is 152 Å². The lowest BCUT2D eigenvalue weighted by Crippen LogP contribution is -2.49. The molecule has 0 spiro atoms. The molecule has 730 valence electrons. The molecule has 4 saturated heterocycles. The highest BCUT2D eigenvalue weighted by Crippen LogP contribution is 2.36. The third-order valence-corrected chi connectivity index (χ3v) is 29.9. The van der Waals surface area contributed by atoms with Gasteiger partial charge in [-0.15, -0.1) is 0 Å². The Balaban J connectivity index is 0.000000279. The van der Waals surface area contributed by atoms with Crippen molar-refractivity contribution >= 4 is 119 Å². The maximum atomic E-state index is 12.7. The first-order chi connectivity index (χ1) is 61.6. The van der Waals surface area contributed by atoms with E-state index in [1.807, 2.05) is 166 Å². The summed E-state index contributed by atoms with van der Waals surface area (Å²) < 4.78 is 54.6. The van der Waals surface area contributed by atoms with E-state index < -0.39 is 20.0 Å². The first kappa shape index (κ1) is 116. The molecule has 6 aromatic rings. The Morgan fingerprint density at radius 1 is 0.382 bits per heavy atom. The Kier molecular flexibility index (Phi) is 51.1. The minimum Gasteiger partial charge on any atom is -0.495 e. The van der Waals surface area contributed by atoms with E-state index in [0.717, 1.165) is 101 Å². The number of halogens is 6. The number of sulfonamides is 2. The largest absolute Gasteiger partial charge is 0.495 e. The minimum absolute atomic E-state index is 0.00404. The van der Waals surface area contributed by atoms with Crippen LogP contribution in [0.1, 0.15) is 232 Å². The fraction of sp³-hybridized carbons (Fsp3) is 0.590. The van der Waals surface area contributed by atoms with Crippen molar-refractivity contribution in [2.45, 2.75) is 211 Å². The number of benzene rings is 6. The van der Waals surface area contributed by atoms with Gasteiger partial charge in [-0.1, -0.05) is 272 Å². The lowest BCUT2D eigenvalue weighted by Gasteiger charge is -2.35. The summed E-state index contributed by atoms with van der Waals surface area (Å²) in [6, 6.07) is 45.0. The Labute approximate surface area is 819 Å². The number of ether oxygens (including phenoxy) is 1. The van der Waals surface area contributed by atoms with Crippen LogP contribution in [0.4, 0.5) is 0 Å². The van der Waals surface area contributed by atoms with Crippen molar-refractivity contribution in [1.29, 1.82) is 0 Å². The SMILES string of the molecule is C=C(C(C)C)[C@H](CN(C)C(C)C)c1ccc(Cl)cc1.CC(C)C(=O)[C@@H](CN1CCN(S(C)(=O)=O)CC1)c1ccc(Cl)cc1.CC(C)C(=O)[C@H](CN1CCN(S(C)(=O)=O)CC1)c1ccc(Cl)cc1.CCC1CCN(C[C@@H](C(=O)C(C)C)c2ccc(Cl)cc2)CC1.CCC1CCN(C[C@H](C(=O)C(C)C)c2ccc(Cl)cc2)CC1.COc1cc([C@@H](CNC(C)C)C(=O)C(C)C)ccc1Cl. The predicted octanol–water partition coefficient (Wildman–Crippen LogP) is 22.6. The van der Waals surface area contributed by atoms with E-state index in [4.69, 9.17) is 74.3 Å². The number of carbonyl (C=O) groups excluding carboxylic acids is 5. The van der Waals surface area contributed by atoms with E-state index >= 15 is 0 Å². The van der Waals surface area contributed by atoms with Crippen LogP contribution in [-0.2, 0) is 44.0 Å². The van der Waals surface area contributed by atoms with Gasteiger partial charge in [0.05, 0.1) is 54.2 Å². The van der Waals surface area contributed by atoms with Gasteiger partial charge in [-0.3, -0.25) is 33.8 Å². The van der Waals surface area contributed by atoms with Crippen LogP contribution in [0.3, 0.4) is 0 Å². The highest BCUT2D eigenvalue weighted by atomic mass is 35.5. The number of carbonyl (C=O) groups is 5. The number of hydrogen-bond donors (Lipinski definition) is 1. The van der Waals surface area contributed by atoms with Crippen molar-refractivity contribution < 1.29 is 45.5 Å². The Bertz CT molecular complexity index is 4450. The molecule has 0 bridgehead atoms. The fourth-order valence-electron chi connectivity index (χ4n) is 16.6. The number of likely N-dealkylation sites (tertiary alicyclic amines) is 2. The number of rotatable bonds is 37. The van der Waals surface area contributed by atoms with E-state index in [0.29, 0.717) is 128 Å². The van der Waals surface area contributed by atoms with Gasteiger partial charge < -0.3 is 24.8 Å². The lowest BCUT2D eigenvalue weighted by atomic mass is 9.85. The number of piperazine rings is 2. The van der Waals surface area contributed by atoms with Crippen LogP contribution < -0.4 is 10.1 Å². The van der Waals surface area contributed by atoms with Crippen molar-refractivity contribution in [3.63, 3.8) is 0 Å². The Morgan fingerprint density at radius 2 is 0.634 bits per heavy atom. The molecule has 10 rings (SSSR count). The molecule has 4 heterocycles. The molecular weight excluding hydrogens is 1810 g/mol. The van der Waals surface area contributed by atoms with Crippen molar-refractivity contribution in [2.75, 3.05) is 144 Å². The maximum absolute atomic E-state index is 12.7. The zero-order chi connectivity index (χ0) is 97.9. The average molecular weight is 1970 g/mol. The molecule has 18 nitrogen and oxygen atoms in total. The number of methoxy groups -OCH3 is 1. The number of Topliss-reactive ketones (excluding diaryl/α,β-unsaturated/α-hetero) is 5. The van der Waals surface area contributed by atoms with Gasteiger partial charge in [-0.25, -0.2) is 16.8 Å². The molecule has 4 aliphatic heterocycles. The molecule has 0 unspecified atom stereocenters. The fourth-order valence-corrected chi connectivity index (χ4v) is 19.0. The molecule has 6 aromatic carbocycles. The molecule has 131 heavy (non-hydrogen) atoms. The lowest BCUT2D eigenvalue weighted by molar-refractivity contribution is -0.124. The van der Waals surface area contributed by atoms with Crippen LogP contribution in [0.25, 0.3) is 0 Å². The second kappa shape index (κ2) is 57.7. The number of piperidine rings is 2. The monoisotopic (exact) mass is 1960 g/mol. The zero-order valence-corrected chi connectivity index (χ0v) is 88.7. The molecule has 6 atom stereocenters. The minimum atomic E-state index is -3.14. The predicted molar refractivity (Wildman–Crippen MR) is 550 cm³/mol. The van der Waals surface area contributed by atoms with E-state index in [2.05, 4.69) is 111 Å². The smallest absolute Gasteiger partial charge is 0.211 e. The van der Waals surface area contributed by atoms with E-state index in [9.17, 15) is 40.8 Å². The van der Waals surface area contributed by atoms with Gasteiger partial charge in [-0.05, 0) is 197 Å². The van der Waals surface area contributed by atoms with Crippen LogP contribution in [0, 0.1) is 47.3 Å². The molecule has 0 aliphatic carbocycles. The van der Waals surface area contributed by atoms with Gasteiger partial charge in [0, 0.05) is 164 Å². The van der Waals surface area contributed by atoms with Gasteiger partial charge in [0.25, 0.3) is 0 Å². The summed E-state index contributed by atoms with van der Waals surface area (Å²) in [6.45, 7) is 54.8. The van der Waals surface area contributed by atoms with Crippen molar-refractivity contribution in [3.05, 3.63) is 215 Å². The quantitative estimate of drug-likeness (QED) is 0.0361. The first-order valence-electron chi connectivity index (χ1n) is 47.3. The highest BCUT2D eigenvalue weighted by Gasteiger charge is 2.35. The van der Waals surface area contributed by atoms with Gasteiger partial charge >= 0.3 is 0 Å². The second-order valence-corrected chi connectivity index (χ2v) is 44.9. The molecule has 0 amide bonds. The van der Waals surface area contributed by atoms with Crippen molar-refractivity contribution in [2.24, 2.45) is 47.3 Å². The van der Waals surface area contributed by atoms with Crippen LogP contribution in [0.5, 0.6) is 5.75 Å². The summed E-state index contributed by atoms with van der Waals surface area (Å²) in [5.41, 5.74) is 7.65. The highest BCUT2D eigenvalue weighted by molar-refractivity contribution is 7.88. The van der Waals surface area contributed by atoms with E-state index in [1.165, 1.54) is 70.8 Å². The number of nitrogens with one attached hydrogen (secondary N) is 1. The van der Waals surface area contributed by atoms with Crippen LogP contribution in [0.2, 0.25) is 30.1 Å². The van der Waals surface area contributed by atoms with Crippen LogP contribution >= 0.6 is 69.6 Å². The standard InChI is InChI=1S/2C19H28ClNO.2C17H25ClN2O3S.C17H26ClN.C16H24ClNO2/c2*1-4-15-9-11-21(12-10-15)13-18(19(22)14(2)3)16-5-7-17(20)8-6-16;2*1-13(2)17(21)16(14-4-6-15(18)7-5-14)12-19-8-10-20(11-9-19)24(3,22)23;1-12(2)14(5)17(11-19(6)13(3)4)15-7-9-16(18)10-8-15;1-10(2)16(19)13(9-18-11(3)4)12-6-7-14(17)15(8-12)20-5/h2*5-8,14-15,18H,4,9-13H2,1-3H3;2*4-7,13,16H,8-12H2,1-3H3;7-10,12-13,17H,5,11H2,1-4,6H3;6-8,10-11,13,18H,9H2,1-5H3/t2*18-;2*16-;17-;13-/m101001/s1. The summed E-state index contributed by atoms with van der Waals surface area (Å²) in [5, 5.41) is 7.43. The summed E-state index contributed by atoms with van der Waals surface area (Å²) in [5.74, 6) is 3.82. The third-order valence-electron chi connectivity index (χ3n) is 25.7. The summed E-state index contributed by atoms with van der Waals surface area (Å²) in [7, 11) is -2.53. The number of ketones is 5. The normalized spacial score (nSPS) is 17.0. The molecule has 4 fully saturated rings. The summed E-state index contributed by atoms with van der Waals surface area (Å²) >= 11 is 35.9. The summed E-state index contributed by atoms with van der Waals surface area (Å²) in [6.07, 6.45) is 10.1. The van der Waals surface area contributed by atoms with Gasteiger partial charge in [0.15, 0.2) is 0 Å². The Hall–Kier alpha value is -5.47. The molecule has 4 aliphatic rings. The van der Waals surface area contributed by atoms with Gasteiger partial charge in [-0.2, -0.15) is 8.61 Å². The van der Waals surface area contributed by atoms with Gasteiger partial charge in [0.2, 0.25) is 20.0 Å². The maximum Gasteiger partial charge on any atom is 0.211 e. The molecule has 1 N–H and O–H groups in total. The third kappa shape index (κ3) is 39.9. The van der Waals surface area contributed by atoms with Crippen LogP contribution in [-0.4, -0.2) is 235 Å². The van der Waals surface area contributed by atoms with Crippen molar-refractivity contribution in [1.82, 2.24) is 38.4 Å². The molecule has 26 heteroatoms. The second-order valence-electron chi connectivity index (χ2n) is 38.3. The average Bonchev–Trinajstić information content (AvgIpc) is 0.843. The molecular formula is C105H156Cl6N8O10S2. The van der Waals surface area contributed by atoms with E-state index in [-0.39, 0.29) is 76.5 Å². The molecule has 0 saturated carbocycles.